The summed E-state index contributed by atoms with van der Waals surface area (Å²) in [6, 6.07) is 1.41. The number of nitrogen functional groups attached to an aromatic ring is 1. The average molecular weight is 419 g/mol. The summed E-state index contributed by atoms with van der Waals surface area (Å²) in [6.45, 7) is 0. The van der Waals surface area contributed by atoms with Gasteiger partial charge in [-0.15, -0.1) is 0 Å². The zero-order valence-corrected chi connectivity index (χ0v) is 14.2. The van der Waals surface area contributed by atoms with Crippen LogP contribution in [0, 0.1) is 23.0 Å². The van der Waals surface area contributed by atoms with E-state index in [1.807, 2.05) is 0 Å². The molecule has 0 unspecified atom stereocenters. The number of nitrogens with zero attached hydrogens (tertiary/aromatic N) is 3. The molecule has 2 aromatic rings. The SMILES string of the molecule is COc1c(F)c(Cl)c(-n2nc(C#N)c(SC(F)(F)F)c2N)c(Cl)c1F. The van der Waals surface area contributed by atoms with Gasteiger partial charge in [0, 0.05) is 0 Å². The third-order valence-electron chi connectivity index (χ3n) is 2.82. The number of methoxy groups -OCH3 is 1. The summed E-state index contributed by atoms with van der Waals surface area (Å²) >= 11 is 10.8. The zero-order valence-electron chi connectivity index (χ0n) is 11.9. The normalized spacial score (nSPS) is 11.5. The molecule has 2 N–H and O–H groups in total. The highest BCUT2D eigenvalue weighted by Crippen LogP contribution is 2.45. The smallest absolute Gasteiger partial charge is 0.446 e. The number of nitriles is 1. The third-order valence-corrected chi connectivity index (χ3v) is 4.34. The van der Waals surface area contributed by atoms with E-state index in [1.165, 1.54) is 6.07 Å². The van der Waals surface area contributed by atoms with Crippen molar-refractivity contribution in [3.63, 3.8) is 0 Å². The molecule has 0 saturated heterocycles. The van der Waals surface area contributed by atoms with Gasteiger partial charge in [0.15, 0.2) is 23.1 Å². The first-order valence-electron chi connectivity index (χ1n) is 5.98. The monoisotopic (exact) mass is 418 g/mol. The number of ether oxygens (including phenoxy) is 1. The van der Waals surface area contributed by atoms with Gasteiger partial charge < -0.3 is 10.5 Å². The number of anilines is 1. The molecule has 5 nitrogen and oxygen atoms in total. The van der Waals surface area contributed by atoms with Crippen molar-refractivity contribution in [2.24, 2.45) is 0 Å². The number of benzene rings is 1. The van der Waals surface area contributed by atoms with Crippen LogP contribution in [-0.4, -0.2) is 22.4 Å². The molecule has 1 aromatic carbocycles. The van der Waals surface area contributed by atoms with Gasteiger partial charge in [0.1, 0.15) is 27.6 Å². The molecule has 0 fully saturated rings. The van der Waals surface area contributed by atoms with E-state index in [2.05, 4.69) is 9.84 Å². The molecule has 0 amide bonds. The van der Waals surface area contributed by atoms with E-state index in [-0.39, 0.29) is 0 Å². The summed E-state index contributed by atoms with van der Waals surface area (Å²) in [7, 11) is 0.960. The summed E-state index contributed by atoms with van der Waals surface area (Å²) in [5, 5.41) is 10.8. The minimum atomic E-state index is -4.78. The maximum atomic E-state index is 14.1. The first kappa shape index (κ1) is 19.4. The highest BCUT2D eigenvalue weighted by molar-refractivity contribution is 8.00. The number of nitrogens with two attached hydrogens (primary N) is 1. The van der Waals surface area contributed by atoms with Crippen molar-refractivity contribution in [1.29, 1.82) is 5.26 Å². The van der Waals surface area contributed by atoms with Crippen LogP contribution < -0.4 is 10.5 Å². The summed E-state index contributed by atoms with van der Waals surface area (Å²) in [5.41, 5.74) is -0.601. The lowest BCUT2D eigenvalue weighted by Gasteiger charge is -2.14. The van der Waals surface area contributed by atoms with Crippen LogP contribution in [0.5, 0.6) is 5.75 Å². The molecule has 0 atom stereocenters. The summed E-state index contributed by atoms with van der Waals surface area (Å²) < 4.78 is 71.0. The Morgan fingerprint density at radius 2 is 1.76 bits per heavy atom. The Morgan fingerprint density at radius 1 is 1.24 bits per heavy atom. The maximum Gasteiger partial charge on any atom is 0.446 e. The van der Waals surface area contributed by atoms with E-state index in [0.717, 1.165) is 7.11 Å². The van der Waals surface area contributed by atoms with Crippen molar-refractivity contribution < 1.29 is 26.7 Å². The fraction of sp³-hybridized carbons (Fsp3) is 0.167. The molecule has 25 heavy (non-hydrogen) atoms. The van der Waals surface area contributed by atoms with E-state index in [4.69, 9.17) is 34.2 Å². The minimum Gasteiger partial charge on any atom is -0.491 e. The molecule has 0 saturated carbocycles. The number of thioether (sulfide) groups is 1. The van der Waals surface area contributed by atoms with Crippen LogP contribution in [0.15, 0.2) is 4.90 Å². The van der Waals surface area contributed by atoms with Crippen LogP contribution in [0.1, 0.15) is 5.69 Å². The Morgan fingerprint density at radius 3 is 2.16 bits per heavy atom. The van der Waals surface area contributed by atoms with Crippen LogP contribution in [-0.2, 0) is 0 Å². The molecule has 2 rings (SSSR count). The summed E-state index contributed by atoms with van der Waals surface area (Å²) in [5.74, 6) is -4.33. The average Bonchev–Trinajstić information content (AvgIpc) is 2.81. The maximum absolute atomic E-state index is 14.1. The van der Waals surface area contributed by atoms with Gasteiger partial charge in [0.25, 0.3) is 0 Å². The van der Waals surface area contributed by atoms with Crippen molar-refractivity contribution in [3.05, 3.63) is 27.4 Å². The van der Waals surface area contributed by atoms with Crippen LogP contribution >= 0.6 is 35.0 Å². The lowest BCUT2D eigenvalue weighted by Crippen LogP contribution is -2.08. The van der Waals surface area contributed by atoms with Gasteiger partial charge in [-0.1, -0.05) is 23.2 Å². The van der Waals surface area contributed by atoms with Crippen molar-refractivity contribution >= 4 is 40.8 Å². The third kappa shape index (κ3) is 3.42. The van der Waals surface area contributed by atoms with Gasteiger partial charge in [-0.3, -0.25) is 0 Å². The Bertz CT molecular complexity index is 864. The molecule has 0 aliphatic carbocycles. The number of hydrogen-bond acceptors (Lipinski definition) is 5. The molecule has 0 aliphatic rings. The Balaban J connectivity index is 2.79. The predicted molar refractivity (Wildman–Crippen MR) is 81.1 cm³/mol. The standard InChI is InChI=1S/C12H5Cl2F5N4OS/c1-24-9-6(15)4(13)8(5(14)7(9)16)23-11(21)10(3(2-20)22-23)25-12(17,18)19/h21H2,1H3. The molecule has 0 radical (unpaired) electrons. The number of alkyl halides is 3. The minimum absolute atomic E-state index is 0.461. The summed E-state index contributed by atoms with van der Waals surface area (Å²) in [4.78, 5) is -0.751. The van der Waals surface area contributed by atoms with Gasteiger partial charge in [0.2, 0.25) is 0 Å². The summed E-state index contributed by atoms with van der Waals surface area (Å²) in [6.07, 6.45) is 0. The Labute approximate surface area is 151 Å². The fourth-order valence-corrected chi connectivity index (χ4v) is 3.02. The lowest BCUT2D eigenvalue weighted by molar-refractivity contribution is -0.0328. The largest absolute Gasteiger partial charge is 0.491 e. The van der Waals surface area contributed by atoms with Crippen molar-refractivity contribution in [3.8, 4) is 17.5 Å². The van der Waals surface area contributed by atoms with Gasteiger partial charge in [0.05, 0.1) is 12.0 Å². The van der Waals surface area contributed by atoms with E-state index in [0.29, 0.717) is 4.68 Å². The number of hydrogen-bond donors (Lipinski definition) is 1. The molecular weight excluding hydrogens is 414 g/mol. The number of aromatic nitrogens is 2. The molecule has 0 bridgehead atoms. The highest BCUT2D eigenvalue weighted by Gasteiger charge is 2.35. The predicted octanol–water partition coefficient (Wildman–Crippen LogP) is 4.53. The van der Waals surface area contributed by atoms with Crippen molar-refractivity contribution in [2.45, 2.75) is 10.4 Å². The molecule has 0 aliphatic heterocycles. The van der Waals surface area contributed by atoms with Gasteiger partial charge in [-0.05, 0) is 11.8 Å². The fourth-order valence-electron chi connectivity index (χ4n) is 1.84. The first-order chi connectivity index (χ1) is 11.5. The second kappa shape index (κ2) is 6.78. The van der Waals surface area contributed by atoms with Crippen LogP contribution in [0.2, 0.25) is 10.0 Å². The van der Waals surface area contributed by atoms with Gasteiger partial charge >= 0.3 is 5.51 Å². The zero-order chi connectivity index (χ0) is 19.1. The molecule has 1 heterocycles. The Kier molecular flexibility index (Phi) is 5.27. The van der Waals surface area contributed by atoms with E-state index >= 15 is 0 Å². The topological polar surface area (TPSA) is 76.9 Å². The van der Waals surface area contributed by atoms with Crippen molar-refractivity contribution in [2.75, 3.05) is 12.8 Å². The molecule has 1 aromatic heterocycles. The van der Waals surface area contributed by atoms with Crippen LogP contribution in [0.4, 0.5) is 27.8 Å². The first-order valence-corrected chi connectivity index (χ1v) is 7.55. The molecule has 134 valence electrons. The molecular formula is C12H5Cl2F5N4OS. The number of halogens is 7. The molecule has 0 spiro atoms. The highest BCUT2D eigenvalue weighted by atomic mass is 35.5. The van der Waals surface area contributed by atoms with Crippen LogP contribution in [0.25, 0.3) is 5.69 Å². The lowest BCUT2D eigenvalue weighted by atomic mass is 10.2. The van der Waals surface area contributed by atoms with Crippen LogP contribution in [0.3, 0.4) is 0 Å². The second-order valence-corrected chi connectivity index (χ2v) is 6.10. The Hall–Kier alpha value is -1.90. The van der Waals surface area contributed by atoms with Crippen molar-refractivity contribution in [1.82, 2.24) is 9.78 Å². The van der Waals surface area contributed by atoms with Gasteiger partial charge in [-0.25, -0.2) is 13.5 Å². The molecule has 13 heteroatoms. The van der Waals surface area contributed by atoms with E-state index in [1.54, 1.807) is 0 Å². The quantitative estimate of drug-likeness (QED) is 0.450. The second-order valence-electron chi connectivity index (χ2n) is 4.27. The van der Waals surface area contributed by atoms with E-state index in [9.17, 15) is 22.0 Å². The van der Waals surface area contributed by atoms with E-state index < -0.39 is 66.8 Å². The van der Waals surface area contributed by atoms with Gasteiger partial charge in [-0.2, -0.15) is 23.5 Å². The number of rotatable bonds is 3.